The molecule has 4 N–H and O–H groups in total. The first-order chi connectivity index (χ1) is 13.2. The van der Waals surface area contributed by atoms with Gasteiger partial charge in [-0.05, 0) is 30.7 Å². The van der Waals surface area contributed by atoms with Crippen LogP contribution in [0.5, 0.6) is 0 Å². The lowest BCUT2D eigenvalue weighted by atomic mass is 10.1. The Labute approximate surface area is 158 Å². The molecule has 148 valence electrons. The molecule has 2 heterocycles. The van der Waals surface area contributed by atoms with Crippen LogP contribution >= 0.6 is 0 Å². The number of halogens is 3. The Kier molecular flexibility index (Phi) is 5.39. The maximum absolute atomic E-state index is 13.3. The average molecular weight is 393 g/mol. The zero-order valence-corrected chi connectivity index (χ0v) is 14.9. The van der Waals surface area contributed by atoms with Crippen LogP contribution in [-0.2, 0) is 10.9 Å². The van der Waals surface area contributed by atoms with Gasteiger partial charge >= 0.3 is 6.18 Å². The van der Waals surface area contributed by atoms with Crippen molar-refractivity contribution >= 4 is 23.4 Å². The van der Waals surface area contributed by atoms with Gasteiger partial charge in [0.15, 0.2) is 0 Å². The first-order valence-electron chi connectivity index (χ1n) is 8.38. The third-order valence-electron chi connectivity index (χ3n) is 4.15. The summed E-state index contributed by atoms with van der Waals surface area (Å²) in [6.07, 6.45) is -0.617. The number of nitrogens with two attached hydrogens (primary N) is 1. The molecule has 10 heteroatoms. The Morgan fingerprint density at radius 3 is 2.82 bits per heavy atom. The van der Waals surface area contributed by atoms with E-state index in [0.29, 0.717) is 18.5 Å². The minimum atomic E-state index is -4.61. The van der Waals surface area contributed by atoms with Crippen molar-refractivity contribution in [2.75, 3.05) is 23.8 Å². The van der Waals surface area contributed by atoms with Crippen LogP contribution in [0.15, 0.2) is 36.7 Å². The van der Waals surface area contributed by atoms with Gasteiger partial charge in [-0.2, -0.15) is 18.2 Å². The normalized spacial score (nSPS) is 15.9. The number of hydrogen-bond acceptors (Lipinski definition) is 6. The third-order valence-corrected chi connectivity index (χ3v) is 4.15. The molecule has 0 spiro atoms. The SMILES string of the molecule is Cc1ccc(C(N)=O)cc1Nc1ncc(C(F)(F)F)c(NCC2C=COC2)n1. The fraction of sp³-hybridized carbons (Fsp3) is 0.278. The largest absolute Gasteiger partial charge is 0.501 e. The summed E-state index contributed by atoms with van der Waals surface area (Å²) in [5.41, 5.74) is 5.77. The zero-order valence-electron chi connectivity index (χ0n) is 14.9. The van der Waals surface area contributed by atoms with Gasteiger partial charge in [0.25, 0.3) is 0 Å². The topological polar surface area (TPSA) is 102 Å². The van der Waals surface area contributed by atoms with Gasteiger partial charge in [-0.3, -0.25) is 4.79 Å². The zero-order chi connectivity index (χ0) is 20.3. The number of nitrogens with one attached hydrogen (secondary N) is 2. The van der Waals surface area contributed by atoms with E-state index in [4.69, 9.17) is 10.5 Å². The van der Waals surface area contributed by atoms with Gasteiger partial charge in [-0.15, -0.1) is 0 Å². The monoisotopic (exact) mass is 393 g/mol. The summed E-state index contributed by atoms with van der Waals surface area (Å²) in [4.78, 5) is 19.1. The van der Waals surface area contributed by atoms with Crippen LogP contribution in [-0.4, -0.2) is 29.0 Å². The molecule has 0 bridgehead atoms. The van der Waals surface area contributed by atoms with Gasteiger partial charge in [-0.25, -0.2) is 4.98 Å². The second-order valence-corrected chi connectivity index (χ2v) is 6.28. The molecule has 1 aromatic carbocycles. The number of ether oxygens (including phenoxy) is 1. The highest BCUT2D eigenvalue weighted by Crippen LogP contribution is 2.34. The number of carbonyl (C=O) groups is 1. The van der Waals surface area contributed by atoms with Gasteiger partial charge in [0.1, 0.15) is 11.4 Å². The predicted molar refractivity (Wildman–Crippen MR) is 97.1 cm³/mol. The number of benzene rings is 1. The molecule has 2 aromatic rings. The van der Waals surface area contributed by atoms with Crippen molar-refractivity contribution in [2.45, 2.75) is 13.1 Å². The van der Waals surface area contributed by atoms with Crippen molar-refractivity contribution in [2.24, 2.45) is 11.7 Å². The molecule has 0 aliphatic carbocycles. The molecule has 0 saturated heterocycles. The molecular weight excluding hydrogens is 375 g/mol. The summed E-state index contributed by atoms with van der Waals surface area (Å²) in [6.45, 7) is 2.39. The molecule has 1 amide bonds. The molecule has 1 aromatic heterocycles. The molecular formula is C18H18F3N5O2. The standard InChI is InChI=1S/C18H18F3N5O2/c1-10-2-3-12(15(22)27)6-14(10)25-17-24-8-13(18(19,20)21)16(26-17)23-7-11-4-5-28-9-11/h2-6,8,11H,7,9H2,1H3,(H2,22,27)(H2,23,24,25,26). The maximum atomic E-state index is 13.3. The Morgan fingerprint density at radius 2 is 2.18 bits per heavy atom. The smallest absolute Gasteiger partial charge is 0.421 e. The van der Waals surface area contributed by atoms with E-state index in [2.05, 4.69) is 20.6 Å². The second-order valence-electron chi connectivity index (χ2n) is 6.28. The summed E-state index contributed by atoms with van der Waals surface area (Å²) in [5.74, 6) is -1.06. The summed E-state index contributed by atoms with van der Waals surface area (Å²) in [5, 5.41) is 5.55. The molecule has 0 fully saturated rings. The minimum absolute atomic E-state index is 0.0431. The second kappa shape index (κ2) is 7.75. The van der Waals surface area contributed by atoms with Crippen LogP contribution < -0.4 is 16.4 Å². The summed E-state index contributed by atoms with van der Waals surface area (Å²) < 4.78 is 44.9. The van der Waals surface area contributed by atoms with Gasteiger partial charge in [0, 0.05) is 29.9 Å². The van der Waals surface area contributed by atoms with Crippen molar-refractivity contribution in [3.63, 3.8) is 0 Å². The number of amides is 1. The van der Waals surface area contributed by atoms with Crippen LogP contribution in [0.1, 0.15) is 21.5 Å². The average Bonchev–Trinajstić information content (AvgIpc) is 3.14. The van der Waals surface area contributed by atoms with Crippen molar-refractivity contribution in [1.29, 1.82) is 0 Å². The molecule has 0 radical (unpaired) electrons. The fourth-order valence-electron chi connectivity index (χ4n) is 2.57. The number of aromatic nitrogens is 2. The number of primary amides is 1. The lowest BCUT2D eigenvalue weighted by Gasteiger charge is -2.16. The number of anilines is 3. The van der Waals surface area contributed by atoms with E-state index in [1.807, 2.05) is 0 Å². The van der Waals surface area contributed by atoms with Crippen molar-refractivity contribution in [1.82, 2.24) is 9.97 Å². The Hall–Kier alpha value is -3.30. The van der Waals surface area contributed by atoms with E-state index < -0.39 is 17.6 Å². The molecule has 1 unspecified atom stereocenters. The summed E-state index contributed by atoms with van der Waals surface area (Å²) in [6, 6.07) is 4.71. The van der Waals surface area contributed by atoms with Gasteiger partial charge < -0.3 is 21.1 Å². The molecule has 1 atom stereocenters. The van der Waals surface area contributed by atoms with Gasteiger partial charge in [-0.1, -0.05) is 6.07 Å². The summed E-state index contributed by atoms with van der Waals surface area (Å²) in [7, 11) is 0. The number of carbonyl (C=O) groups excluding carboxylic acids is 1. The van der Waals surface area contributed by atoms with Crippen LogP contribution in [0.3, 0.4) is 0 Å². The number of hydrogen-bond donors (Lipinski definition) is 3. The first-order valence-corrected chi connectivity index (χ1v) is 8.38. The van der Waals surface area contributed by atoms with E-state index >= 15 is 0 Å². The van der Waals surface area contributed by atoms with Crippen LogP contribution in [0.4, 0.5) is 30.6 Å². The number of nitrogens with zero attached hydrogens (tertiary/aromatic N) is 2. The van der Waals surface area contributed by atoms with Crippen LogP contribution in [0, 0.1) is 12.8 Å². The van der Waals surface area contributed by atoms with Crippen LogP contribution in [0.2, 0.25) is 0 Å². The predicted octanol–water partition coefficient (Wildman–Crippen LogP) is 3.22. The Bertz CT molecular complexity index is 915. The summed E-state index contributed by atoms with van der Waals surface area (Å²) >= 11 is 0. The highest BCUT2D eigenvalue weighted by atomic mass is 19.4. The quantitative estimate of drug-likeness (QED) is 0.697. The van der Waals surface area contributed by atoms with Crippen molar-refractivity contribution in [3.8, 4) is 0 Å². The first kappa shape index (κ1) is 19.5. The highest BCUT2D eigenvalue weighted by molar-refractivity contribution is 5.94. The maximum Gasteiger partial charge on any atom is 0.421 e. The highest BCUT2D eigenvalue weighted by Gasteiger charge is 2.35. The van der Waals surface area contributed by atoms with E-state index in [0.717, 1.165) is 5.56 Å². The van der Waals surface area contributed by atoms with E-state index in [-0.39, 0.29) is 29.8 Å². The lowest BCUT2D eigenvalue weighted by molar-refractivity contribution is -0.137. The number of alkyl halides is 3. The lowest BCUT2D eigenvalue weighted by Crippen LogP contribution is -2.19. The molecule has 3 rings (SSSR count). The van der Waals surface area contributed by atoms with Crippen molar-refractivity contribution in [3.05, 3.63) is 53.4 Å². The number of aryl methyl sites for hydroxylation is 1. The van der Waals surface area contributed by atoms with E-state index in [1.165, 1.54) is 12.3 Å². The Morgan fingerprint density at radius 1 is 1.39 bits per heavy atom. The fourth-order valence-corrected chi connectivity index (χ4v) is 2.57. The van der Waals surface area contributed by atoms with Gasteiger partial charge in [0.2, 0.25) is 11.9 Å². The van der Waals surface area contributed by atoms with Crippen molar-refractivity contribution < 1.29 is 22.7 Å². The van der Waals surface area contributed by atoms with Gasteiger partial charge in [0.05, 0.1) is 12.9 Å². The Balaban J connectivity index is 1.87. The molecule has 1 aliphatic heterocycles. The van der Waals surface area contributed by atoms with E-state index in [9.17, 15) is 18.0 Å². The molecule has 28 heavy (non-hydrogen) atoms. The minimum Gasteiger partial charge on any atom is -0.501 e. The molecule has 0 saturated carbocycles. The van der Waals surface area contributed by atoms with Crippen LogP contribution in [0.25, 0.3) is 0 Å². The third kappa shape index (κ3) is 4.51. The molecule has 7 nitrogen and oxygen atoms in total. The van der Waals surface area contributed by atoms with E-state index in [1.54, 1.807) is 25.1 Å². The number of rotatable bonds is 6. The molecule has 1 aliphatic rings.